The van der Waals surface area contributed by atoms with E-state index >= 15 is 0 Å². The third-order valence-corrected chi connectivity index (χ3v) is 2.33. The number of hydrogen-bond acceptors (Lipinski definition) is 2. The number of aryl methyl sites for hydroxylation is 1. The van der Waals surface area contributed by atoms with Crippen molar-refractivity contribution in [2.75, 3.05) is 0 Å². The zero-order valence-electron chi connectivity index (χ0n) is 8.61. The Bertz CT molecular complexity index is 471. The lowest BCUT2D eigenvalue weighted by atomic mass is 10.2. The molecule has 0 aliphatic carbocycles. The molecule has 3 nitrogen and oxygen atoms in total. The van der Waals surface area contributed by atoms with Crippen LogP contribution >= 0.6 is 0 Å². The average molecular weight is 189 g/mol. The summed E-state index contributed by atoms with van der Waals surface area (Å²) in [6.45, 7) is 6.00. The van der Waals surface area contributed by atoms with E-state index in [0.29, 0.717) is 0 Å². The van der Waals surface area contributed by atoms with Crippen LogP contribution in [0.3, 0.4) is 0 Å². The van der Waals surface area contributed by atoms with Crippen LogP contribution in [0.1, 0.15) is 25.5 Å². The molecule has 1 aromatic carbocycles. The van der Waals surface area contributed by atoms with E-state index in [-0.39, 0.29) is 12.1 Å². The lowest BCUT2D eigenvalue weighted by Gasteiger charge is -2.15. The van der Waals surface area contributed by atoms with Crippen molar-refractivity contribution in [2.45, 2.75) is 26.8 Å². The first-order chi connectivity index (χ1) is 6.59. The normalized spacial score (nSPS) is 11.4. The maximum absolute atomic E-state index is 11.5. The predicted octanol–water partition coefficient (Wildman–Crippen LogP) is 2.00. The molecule has 0 N–H and O–H groups in total. The topological polar surface area (TPSA) is 40.9 Å². The summed E-state index contributed by atoms with van der Waals surface area (Å²) in [5, 5.41) is 11.5. The zero-order chi connectivity index (χ0) is 10.3. The van der Waals surface area contributed by atoms with Gasteiger partial charge in [-0.3, -0.25) is 0 Å². The number of imidazole rings is 1. The Balaban J connectivity index is 2.79. The van der Waals surface area contributed by atoms with E-state index in [9.17, 15) is 5.11 Å². The van der Waals surface area contributed by atoms with Crippen LogP contribution in [0.2, 0.25) is 0 Å². The molecule has 2 rings (SSSR count). The first-order valence-electron chi connectivity index (χ1n) is 4.75. The summed E-state index contributed by atoms with van der Waals surface area (Å²) in [6, 6.07) is 5.88. The van der Waals surface area contributed by atoms with E-state index in [0.717, 1.165) is 16.6 Å². The summed E-state index contributed by atoms with van der Waals surface area (Å²) < 4.78 is 1.72. The Morgan fingerprint density at radius 2 is 2.07 bits per heavy atom. The van der Waals surface area contributed by atoms with Crippen LogP contribution in [0.25, 0.3) is 11.0 Å². The second-order valence-electron chi connectivity index (χ2n) is 3.85. The molecule has 0 aliphatic rings. The molecule has 74 valence electrons. The van der Waals surface area contributed by atoms with Gasteiger partial charge >= 0.3 is 0 Å². The number of hydrogen-bond donors (Lipinski definition) is 0. The smallest absolute Gasteiger partial charge is 0.0877 e. The van der Waals surface area contributed by atoms with E-state index in [1.807, 2.05) is 39.0 Å². The zero-order valence-corrected chi connectivity index (χ0v) is 8.61. The number of rotatable bonds is 1. The summed E-state index contributed by atoms with van der Waals surface area (Å²) in [4.78, 5) is 3.98. The second kappa shape index (κ2) is 3.01. The van der Waals surface area contributed by atoms with Crippen molar-refractivity contribution in [2.24, 2.45) is 0 Å². The third kappa shape index (κ3) is 1.25. The van der Waals surface area contributed by atoms with Crippen molar-refractivity contribution in [3.63, 3.8) is 0 Å². The molecule has 0 amide bonds. The van der Waals surface area contributed by atoms with Gasteiger partial charge in [0.05, 0.1) is 17.0 Å². The van der Waals surface area contributed by atoms with Gasteiger partial charge in [0.1, 0.15) is 0 Å². The highest BCUT2D eigenvalue weighted by atomic mass is 16.3. The standard InChI is InChI=1S/C11H14N2O/c1-7(2)13-10-6-8(3)4-5-9(10)12-11(13)14/h4-7H,1-3H3,(H,12,14)/p-1. The van der Waals surface area contributed by atoms with Gasteiger partial charge in [0.25, 0.3) is 0 Å². The first kappa shape index (κ1) is 9.06. The van der Waals surface area contributed by atoms with Crippen molar-refractivity contribution in [3.05, 3.63) is 23.8 Å². The second-order valence-corrected chi connectivity index (χ2v) is 3.85. The minimum Gasteiger partial charge on any atom is -0.846 e. The van der Waals surface area contributed by atoms with Crippen molar-refractivity contribution >= 4 is 11.0 Å². The molecule has 0 bridgehead atoms. The van der Waals surface area contributed by atoms with Crippen molar-refractivity contribution in [1.29, 1.82) is 0 Å². The van der Waals surface area contributed by atoms with E-state index < -0.39 is 0 Å². The summed E-state index contributed by atoms with van der Waals surface area (Å²) in [5.74, 6) is 0. The fourth-order valence-electron chi connectivity index (χ4n) is 1.68. The predicted molar refractivity (Wildman–Crippen MR) is 54.3 cm³/mol. The van der Waals surface area contributed by atoms with Gasteiger partial charge in [0.2, 0.25) is 0 Å². The Morgan fingerprint density at radius 3 is 2.71 bits per heavy atom. The lowest BCUT2D eigenvalue weighted by molar-refractivity contribution is -0.285. The van der Waals surface area contributed by atoms with Gasteiger partial charge in [0.15, 0.2) is 0 Å². The van der Waals surface area contributed by atoms with Crippen LogP contribution < -0.4 is 5.11 Å². The third-order valence-electron chi connectivity index (χ3n) is 2.33. The van der Waals surface area contributed by atoms with Crippen molar-refractivity contribution in [1.82, 2.24) is 9.55 Å². The Labute approximate surface area is 83.0 Å². The van der Waals surface area contributed by atoms with Crippen molar-refractivity contribution in [3.8, 4) is 6.01 Å². The monoisotopic (exact) mass is 189 g/mol. The first-order valence-corrected chi connectivity index (χ1v) is 4.75. The quantitative estimate of drug-likeness (QED) is 0.688. The van der Waals surface area contributed by atoms with Gasteiger partial charge in [-0.05, 0) is 38.5 Å². The summed E-state index contributed by atoms with van der Waals surface area (Å²) in [7, 11) is 0. The molecule has 0 radical (unpaired) electrons. The van der Waals surface area contributed by atoms with E-state index in [1.165, 1.54) is 0 Å². The SMILES string of the molecule is Cc1ccc2nc([O-])n(C(C)C)c2c1. The minimum absolute atomic E-state index is 0.152. The molecule has 0 aliphatic heterocycles. The molecular formula is C11H13N2O-. The van der Waals surface area contributed by atoms with E-state index in [4.69, 9.17) is 0 Å². The Morgan fingerprint density at radius 1 is 1.36 bits per heavy atom. The van der Waals surface area contributed by atoms with E-state index in [1.54, 1.807) is 4.57 Å². The minimum atomic E-state index is -0.152. The molecule has 0 spiro atoms. The number of nitrogens with zero attached hydrogens (tertiary/aromatic N) is 2. The number of fused-ring (bicyclic) bond motifs is 1. The molecule has 14 heavy (non-hydrogen) atoms. The van der Waals surface area contributed by atoms with Crippen LogP contribution in [0.15, 0.2) is 18.2 Å². The number of benzene rings is 1. The van der Waals surface area contributed by atoms with Crippen LogP contribution in [-0.4, -0.2) is 9.55 Å². The Hall–Kier alpha value is -1.51. The molecule has 2 aromatic rings. The fraction of sp³-hybridized carbons (Fsp3) is 0.364. The summed E-state index contributed by atoms with van der Waals surface area (Å²) >= 11 is 0. The molecule has 0 fully saturated rings. The molecule has 0 saturated carbocycles. The highest BCUT2D eigenvalue weighted by Gasteiger charge is 2.06. The fourth-order valence-corrected chi connectivity index (χ4v) is 1.68. The maximum atomic E-state index is 11.5. The van der Waals surface area contributed by atoms with Crippen LogP contribution in [0.5, 0.6) is 6.01 Å². The van der Waals surface area contributed by atoms with Gasteiger partial charge in [-0.15, -0.1) is 0 Å². The van der Waals surface area contributed by atoms with Gasteiger partial charge in [-0.2, -0.15) is 0 Å². The molecule has 3 heteroatoms. The largest absolute Gasteiger partial charge is 0.846 e. The highest BCUT2D eigenvalue weighted by molar-refractivity contribution is 5.77. The Kier molecular flexibility index (Phi) is 1.95. The van der Waals surface area contributed by atoms with Crippen LogP contribution in [-0.2, 0) is 0 Å². The van der Waals surface area contributed by atoms with Gasteiger partial charge < -0.3 is 9.67 Å². The summed E-state index contributed by atoms with van der Waals surface area (Å²) in [5.41, 5.74) is 2.87. The van der Waals surface area contributed by atoms with Gasteiger partial charge in [-0.1, -0.05) is 6.07 Å². The molecule has 0 saturated heterocycles. The molecule has 0 unspecified atom stereocenters. The maximum Gasteiger partial charge on any atom is 0.0877 e. The van der Waals surface area contributed by atoms with Crippen LogP contribution in [0, 0.1) is 6.92 Å². The molecule has 1 heterocycles. The van der Waals surface area contributed by atoms with Gasteiger partial charge in [-0.25, -0.2) is 4.98 Å². The van der Waals surface area contributed by atoms with E-state index in [2.05, 4.69) is 4.98 Å². The molecular weight excluding hydrogens is 176 g/mol. The van der Waals surface area contributed by atoms with Crippen LogP contribution in [0.4, 0.5) is 0 Å². The molecule has 0 atom stereocenters. The van der Waals surface area contributed by atoms with Crippen molar-refractivity contribution < 1.29 is 5.11 Å². The lowest BCUT2D eigenvalue weighted by Crippen LogP contribution is -2.06. The molecule has 1 aromatic heterocycles. The average Bonchev–Trinajstić information content (AvgIpc) is 2.40. The summed E-state index contributed by atoms with van der Waals surface area (Å²) in [6.07, 6.45) is 0. The van der Waals surface area contributed by atoms with Gasteiger partial charge in [0, 0.05) is 6.04 Å². The highest BCUT2D eigenvalue weighted by Crippen LogP contribution is 2.23. The number of aromatic nitrogens is 2.